The third kappa shape index (κ3) is 6.26. The summed E-state index contributed by atoms with van der Waals surface area (Å²) in [7, 11) is 8.22. The van der Waals surface area contributed by atoms with Gasteiger partial charge in [0.1, 0.15) is 0 Å². The molecule has 0 saturated carbocycles. The van der Waals surface area contributed by atoms with Gasteiger partial charge in [-0.2, -0.15) is 0 Å². The van der Waals surface area contributed by atoms with Crippen molar-refractivity contribution in [2.24, 2.45) is 18.0 Å². The van der Waals surface area contributed by atoms with Gasteiger partial charge in [0.05, 0.1) is 6.54 Å². The Balaban J connectivity index is 0.00000264. The van der Waals surface area contributed by atoms with Crippen molar-refractivity contribution in [3.63, 3.8) is 0 Å². The fourth-order valence-electron chi connectivity index (χ4n) is 3.10. The summed E-state index contributed by atoms with van der Waals surface area (Å²) in [6, 6.07) is 2.15. The second-order valence-corrected chi connectivity index (χ2v) is 7.23. The Labute approximate surface area is 165 Å². The summed E-state index contributed by atoms with van der Waals surface area (Å²) in [5, 5.41) is 3.53. The molecule has 0 aromatic carbocycles. The fourth-order valence-corrected chi connectivity index (χ4v) is 3.67. The number of guanidine groups is 1. The van der Waals surface area contributed by atoms with Crippen LogP contribution in [0.4, 0.5) is 0 Å². The summed E-state index contributed by atoms with van der Waals surface area (Å²) < 4.78 is 3.26. The second-order valence-electron chi connectivity index (χ2n) is 6.32. The molecule has 0 radical (unpaired) electrons. The summed E-state index contributed by atoms with van der Waals surface area (Å²) in [5.74, 6) is 1.68. The zero-order valence-corrected chi connectivity index (χ0v) is 18.5. The standard InChI is InChI=1S/C16H28BrN5.HI/c1-18-16(19-9-13-6-5-7-20(2)10-13)22(4)12-15-8-14(17)11-21(15)3;/h8,11,13H,5-7,9-10,12H2,1-4H3,(H,18,19);1H. The van der Waals surface area contributed by atoms with Gasteiger partial charge in [-0.15, -0.1) is 24.0 Å². The topological polar surface area (TPSA) is 35.8 Å². The summed E-state index contributed by atoms with van der Waals surface area (Å²) in [5.41, 5.74) is 1.26. The number of aryl methyl sites for hydroxylation is 1. The highest BCUT2D eigenvalue weighted by atomic mass is 127. The lowest BCUT2D eigenvalue weighted by molar-refractivity contribution is 0.209. The Morgan fingerprint density at radius 3 is 2.78 bits per heavy atom. The molecule has 0 bridgehead atoms. The van der Waals surface area contributed by atoms with Gasteiger partial charge in [-0.05, 0) is 54.3 Å². The molecule has 132 valence electrons. The summed E-state index contributed by atoms with van der Waals surface area (Å²) in [4.78, 5) is 9.02. The van der Waals surface area contributed by atoms with Crippen molar-refractivity contribution in [1.29, 1.82) is 0 Å². The first-order valence-electron chi connectivity index (χ1n) is 7.90. The van der Waals surface area contributed by atoms with Crippen LogP contribution in [0.2, 0.25) is 0 Å². The minimum absolute atomic E-state index is 0. The van der Waals surface area contributed by atoms with Gasteiger partial charge < -0.3 is 19.7 Å². The van der Waals surface area contributed by atoms with E-state index in [1.807, 2.05) is 7.05 Å². The molecule has 5 nitrogen and oxygen atoms in total. The number of piperidine rings is 1. The van der Waals surface area contributed by atoms with Crippen molar-refractivity contribution >= 4 is 45.9 Å². The van der Waals surface area contributed by atoms with Crippen LogP contribution >= 0.6 is 39.9 Å². The molecule has 1 atom stereocenters. The predicted molar refractivity (Wildman–Crippen MR) is 112 cm³/mol. The highest BCUT2D eigenvalue weighted by molar-refractivity contribution is 14.0. The number of nitrogens with one attached hydrogen (secondary N) is 1. The molecular formula is C16H29BrIN5. The molecule has 1 fully saturated rings. The van der Waals surface area contributed by atoms with E-state index in [1.165, 1.54) is 31.6 Å². The van der Waals surface area contributed by atoms with Crippen LogP contribution in [0.3, 0.4) is 0 Å². The highest BCUT2D eigenvalue weighted by Gasteiger charge is 2.18. The Hall–Kier alpha value is -0.280. The lowest BCUT2D eigenvalue weighted by atomic mass is 9.99. The number of likely N-dealkylation sites (tertiary alicyclic amines) is 1. The van der Waals surface area contributed by atoms with Gasteiger partial charge in [-0.1, -0.05) is 0 Å². The van der Waals surface area contributed by atoms with Crippen LogP contribution in [0.15, 0.2) is 21.7 Å². The maximum atomic E-state index is 4.42. The average molecular weight is 498 g/mol. The molecule has 1 aromatic heterocycles. The van der Waals surface area contributed by atoms with Crippen LogP contribution in [-0.4, -0.2) is 61.1 Å². The van der Waals surface area contributed by atoms with E-state index in [4.69, 9.17) is 0 Å². The van der Waals surface area contributed by atoms with Crippen molar-refractivity contribution in [3.8, 4) is 0 Å². The van der Waals surface area contributed by atoms with Gasteiger partial charge in [-0.3, -0.25) is 4.99 Å². The van der Waals surface area contributed by atoms with Crippen LogP contribution in [-0.2, 0) is 13.6 Å². The quantitative estimate of drug-likeness (QED) is 0.394. The number of hydrogen-bond donors (Lipinski definition) is 1. The number of hydrogen-bond acceptors (Lipinski definition) is 2. The van der Waals surface area contributed by atoms with Gasteiger partial charge in [0.2, 0.25) is 0 Å². The Bertz CT molecular complexity index is 517. The molecule has 7 heteroatoms. The lowest BCUT2D eigenvalue weighted by Gasteiger charge is -2.31. The van der Waals surface area contributed by atoms with Crippen LogP contribution in [0, 0.1) is 5.92 Å². The third-order valence-corrected chi connectivity index (χ3v) is 4.75. The maximum absolute atomic E-state index is 4.42. The molecule has 1 aliphatic rings. The Kier molecular flexibility index (Phi) is 8.92. The molecule has 2 heterocycles. The van der Waals surface area contributed by atoms with E-state index in [0.29, 0.717) is 5.92 Å². The molecular weight excluding hydrogens is 469 g/mol. The second kappa shape index (κ2) is 9.88. The van der Waals surface area contributed by atoms with Crippen molar-refractivity contribution in [1.82, 2.24) is 19.7 Å². The number of rotatable bonds is 4. The van der Waals surface area contributed by atoms with Crippen LogP contribution < -0.4 is 5.32 Å². The van der Waals surface area contributed by atoms with Crippen LogP contribution in [0.5, 0.6) is 0 Å². The van der Waals surface area contributed by atoms with Gasteiger partial charge in [-0.25, -0.2) is 0 Å². The van der Waals surface area contributed by atoms with Crippen LogP contribution in [0.1, 0.15) is 18.5 Å². The zero-order chi connectivity index (χ0) is 16.1. The smallest absolute Gasteiger partial charge is 0.193 e. The molecule has 1 aliphatic heterocycles. The Morgan fingerprint density at radius 2 is 2.22 bits per heavy atom. The molecule has 2 rings (SSSR count). The molecule has 0 amide bonds. The first kappa shape index (κ1) is 20.8. The largest absolute Gasteiger partial charge is 0.356 e. The highest BCUT2D eigenvalue weighted by Crippen LogP contribution is 2.16. The maximum Gasteiger partial charge on any atom is 0.193 e. The van der Waals surface area contributed by atoms with Crippen molar-refractivity contribution in [3.05, 3.63) is 22.4 Å². The molecule has 1 aromatic rings. The summed E-state index contributed by atoms with van der Waals surface area (Å²) in [6.45, 7) is 4.25. The monoisotopic (exact) mass is 497 g/mol. The predicted octanol–water partition coefficient (Wildman–Crippen LogP) is 2.75. The summed E-state index contributed by atoms with van der Waals surface area (Å²) >= 11 is 3.53. The third-order valence-electron chi connectivity index (χ3n) is 4.32. The summed E-state index contributed by atoms with van der Waals surface area (Å²) in [6.07, 6.45) is 4.69. The minimum Gasteiger partial charge on any atom is -0.356 e. The zero-order valence-electron chi connectivity index (χ0n) is 14.5. The number of aliphatic imine (C=N–C) groups is 1. The van der Waals surface area contributed by atoms with Gasteiger partial charge in [0.15, 0.2) is 5.96 Å². The van der Waals surface area contributed by atoms with E-state index in [0.717, 1.165) is 23.5 Å². The normalized spacial score (nSPS) is 19.3. The number of halogens is 2. The minimum atomic E-state index is 0. The fraction of sp³-hybridized carbons (Fsp3) is 0.688. The van der Waals surface area contributed by atoms with E-state index < -0.39 is 0 Å². The van der Waals surface area contributed by atoms with Crippen molar-refractivity contribution in [2.75, 3.05) is 40.8 Å². The lowest BCUT2D eigenvalue weighted by Crippen LogP contribution is -2.44. The van der Waals surface area contributed by atoms with Gasteiger partial charge in [0.25, 0.3) is 0 Å². The molecule has 0 spiro atoms. The SMILES string of the molecule is CN=C(NCC1CCCN(C)C1)N(C)Cc1cc(Br)cn1C.I. The molecule has 1 N–H and O–H groups in total. The molecule has 0 aliphatic carbocycles. The van der Waals surface area contributed by atoms with Crippen LogP contribution in [0.25, 0.3) is 0 Å². The molecule has 1 saturated heterocycles. The van der Waals surface area contributed by atoms with E-state index in [9.17, 15) is 0 Å². The van der Waals surface area contributed by atoms with Crippen molar-refractivity contribution in [2.45, 2.75) is 19.4 Å². The van der Waals surface area contributed by atoms with E-state index >= 15 is 0 Å². The van der Waals surface area contributed by atoms with Gasteiger partial charge >= 0.3 is 0 Å². The Morgan fingerprint density at radius 1 is 1.48 bits per heavy atom. The van der Waals surface area contributed by atoms with Crippen molar-refractivity contribution < 1.29 is 0 Å². The number of aromatic nitrogens is 1. The molecule has 23 heavy (non-hydrogen) atoms. The van der Waals surface area contributed by atoms with Gasteiger partial charge in [0, 0.05) is 50.6 Å². The molecule has 1 unspecified atom stereocenters. The number of nitrogens with zero attached hydrogens (tertiary/aromatic N) is 4. The van der Waals surface area contributed by atoms with E-state index in [-0.39, 0.29) is 24.0 Å². The first-order valence-corrected chi connectivity index (χ1v) is 8.70. The van der Waals surface area contributed by atoms with E-state index in [2.05, 4.69) is 74.0 Å². The average Bonchev–Trinajstić information content (AvgIpc) is 2.77. The van der Waals surface area contributed by atoms with E-state index in [1.54, 1.807) is 0 Å². The first-order chi connectivity index (χ1) is 10.5.